The van der Waals surface area contributed by atoms with Crippen LogP contribution < -0.4 is 16.4 Å². The van der Waals surface area contributed by atoms with E-state index in [2.05, 4.69) is 15.7 Å². The lowest BCUT2D eigenvalue weighted by Crippen LogP contribution is -2.18. The van der Waals surface area contributed by atoms with Gasteiger partial charge in [-0.05, 0) is 30.5 Å². The van der Waals surface area contributed by atoms with Crippen LogP contribution in [-0.4, -0.2) is 27.5 Å². The van der Waals surface area contributed by atoms with Gasteiger partial charge in [-0.3, -0.25) is 19.1 Å². The highest BCUT2D eigenvalue weighted by Gasteiger charge is 2.26. The monoisotopic (exact) mass is 353 g/mol. The third kappa shape index (κ3) is 2.83. The Kier molecular flexibility index (Phi) is 3.95. The number of carbonyl (C=O) groups excluding carboxylic acids is 3. The molecule has 0 atom stereocenters. The number of nitrogens with two attached hydrogens (primary N) is 1. The molecule has 1 aromatic heterocycles. The number of carbonyl (C=O) groups is 3. The average molecular weight is 353 g/mol. The van der Waals surface area contributed by atoms with Crippen molar-refractivity contribution < 1.29 is 14.4 Å². The zero-order valence-electron chi connectivity index (χ0n) is 14.1. The largest absolute Gasteiger partial charge is 0.365 e. The number of fused-ring (bicyclic) bond motifs is 1. The van der Waals surface area contributed by atoms with E-state index in [1.54, 1.807) is 29.1 Å². The molecule has 0 radical (unpaired) electrons. The fourth-order valence-corrected chi connectivity index (χ4v) is 3.66. The Labute approximate surface area is 149 Å². The van der Waals surface area contributed by atoms with Crippen molar-refractivity contribution >= 4 is 29.2 Å². The Morgan fingerprint density at radius 3 is 2.73 bits per heavy atom. The molecule has 4 rings (SSSR count). The predicted octanol–water partition coefficient (Wildman–Crippen LogP) is 1.84. The van der Waals surface area contributed by atoms with Crippen LogP contribution >= 0.6 is 0 Å². The van der Waals surface area contributed by atoms with Crippen molar-refractivity contribution in [3.05, 3.63) is 41.1 Å². The molecule has 0 saturated heterocycles. The lowest BCUT2D eigenvalue weighted by atomic mass is 10.0. The van der Waals surface area contributed by atoms with Gasteiger partial charge in [-0.1, -0.05) is 18.9 Å². The molecule has 2 heterocycles. The minimum Gasteiger partial charge on any atom is -0.365 e. The number of amides is 3. The summed E-state index contributed by atoms with van der Waals surface area (Å²) in [6, 6.07) is 5.32. The van der Waals surface area contributed by atoms with Gasteiger partial charge >= 0.3 is 0 Å². The summed E-state index contributed by atoms with van der Waals surface area (Å²) >= 11 is 0. The van der Waals surface area contributed by atoms with Gasteiger partial charge in [0.1, 0.15) is 5.56 Å². The third-order valence-electron chi connectivity index (χ3n) is 4.96. The van der Waals surface area contributed by atoms with Crippen LogP contribution in [0, 0.1) is 0 Å². The molecule has 134 valence electrons. The van der Waals surface area contributed by atoms with E-state index in [-0.39, 0.29) is 29.8 Å². The van der Waals surface area contributed by atoms with Crippen LogP contribution in [0.5, 0.6) is 0 Å². The molecule has 0 unspecified atom stereocenters. The zero-order valence-corrected chi connectivity index (χ0v) is 14.1. The van der Waals surface area contributed by atoms with Crippen molar-refractivity contribution in [1.29, 1.82) is 0 Å². The van der Waals surface area contributed by atoms with Crippen molar-refractivity contribution in [3.63, 3.8) is 0 Å². The molecule has 1 saturated carbocycles. The summed E-state index contributed by atoms with van der Waals surface area (Å²) in [5.41, 5.74) is 7.30. The van der Waals surface area contributed by atoms with Crippen LogP contribution in [0.2, 0.25) is 0 Å². The summed E-state index contributed by atoms with van der Waals surface area (Å²) in [5, 5.41) is 9.79. The van der Waals surface area contributed by atoms with E-state index in [4.69, 9.17) is 5.73 Å². The lowest BCUT2D eigenvalue weighted by molar-refractivity contribution is -0.115. The molecule has 1 fully saturated rings. The van der Waals surface area contributed by atoms with Crippen LogP contribution in [0.4, 0.5) is 11.5 Å². The van der Waals surface area contributed by atoms with E-state index in [1.165, 1.54) is 0 Å². The van der Waals surface area contributed by atoms with Gasteiger partial charge in [-0.15, -0.1) is 0 Å². The highest BCUT2D eigenvalue weighted by Crippen LogP contribution is 2.31. The normalized spacial score (nSPS) is 16.4. The van der Waals surface area contributed by atoms with Crippen LogP contribution in [-0.2, 0) is 11.2 Å². The summed E-state index contributed by atoms with van der Waals surface area (Å²) in [5.74, 6) is -1.05. The molecule has 2 aromatic rings. The Morgan fingerprint density at radius 1 is 1.23 bits per heavy atom. The van der Waals surface area contributed by atoms with Gasteiger partial charge in [-0.25, -0.2) is 0 Å². The Hall–Kier alpha value is -3.16. The standard InChI is InChI=1S/C18H19N5O3/c19-16(25)13-9-23(10-4-1-2-5-10)22-17(13)21-18(26)11-6-3-7-14-12(11)8-15(24)20-14/h3,6-7,9-10H,1-2,4-5,8H2,(H2,19,25)(H,20,24)(H,21,22,26). The lowest BCUT2D eigenvalue weighted by Gasteiger charge is -2.09. The first-order chi connectivity index (χ1) is 12.5. The summed E-state index contributed by atoms with van der Waals surface area (Å²) in [6.07, 6.45) is 5.98. The van der Waals surface area contributed by atoms with E-state index in [1.807, 2.05) is 0 Å². The Bertz CT molecular complexity index is 912. The molecule has 1 aliphatic carbocycles. The van der Waals surface area contributed by atoms with Gasteiger partial charge in [0, 0.05) is 17.4 Å². The van der Waals surface area contributed by atoms with Crippen LogP contribution in [0.1, 0.15) is 58.0 Å². The fraction of sp³-hybridized carbons (Fsp3) is 0.333. The average Bonchev–Trinajstić information content (AvgIpc) is 3.32. The first kappa shape index (κ1) is 16.3. The van der Waals surface area contributed by atoms with E-state index in [9.17, 15) is 14.4 Å². The molecule has 4 N–H and O–H groups in total. The number of hydrogen-bond acceptors (Lipinski definition) is 4. The number of anilines is 2. The van der Waals surface area contributed by atoms with Gasteiger partial charge in [0.15, 0.2) is 5.82 Å². The second-order valence-electron chi connectivity index (χ2n) is 6.68. The smallest absolute Gasteiger partial charge is 0.257 e. The minimum absolute atomic E-state index is 0.149. The van der Waals surface area contributed by atoms with Crippen molar-refractivity contribution in [2.45, 2.75) is 38.1 Å². The Balaban J connectivity index is 1.63. The van der Waals surface area contributed by atoms with Gasteiger partial charge < -0.3 is 16.4 Å². The van der Waals surface area contributed by atoms with Gasteiger partial charge in [0.05, 0.1) is 12.5 Å². The number of nitrogens with zero attached hydrogens (tertiary/aromatic N) is 2. The SMILES string of the molecule is NC(=O)c1cn(C2CCCC2)nc1NC(=O)c1cccc2c1CC(=O)N2. The number of primary amides is 1. The maximum atomic E-state index is 12.7. The fourth-order valence-electron chi connectivity index (χ4n) is 3.66. The highest BCUT2D eigenvalue weighted by atomic mass is 16.2. The van der Waals surface area contributed by atoms with Gasteiger partial charge in [0.25, 0.3) is 11.8 Å². The number of nitrogens with one attached hydrogen (secondary N) is 2. The van der Waals surface area contributed by atoms with Crippen LogP contribution in [0.3, 0.4) is 0 Å². The second-order valence-corrected chi connectivity index (χ2v) is 6.68. The summed E-state index contributed by atoms with van der Waals surface area (Å²) in [7, 11) is 0. The molecule has 2 aliphatic rings. The minimum atomic E-state index is -0.639. The molecule has 1 aromatic carbocycles. The molecule has 26 heavy (non-hydrogen) atoms. The summed E-state index contributed by atoms with van der Waals surface area (Å²) in [4.78, 5) is 36.1. The van der Waals surface area contributed by atoms with E-state index < -0.39 is 11.8 Å². The molecule has 0 bridgehead atoms. The number of rotatable bonds is 4. The molecular weight excluding hydrogens is 334 g/mol. The van der Waals surface area contributed by atoms with E-state index in [0.29, 0.717) is 16.8 Å². The summed E-state index contributed by atoms with van der Waals surface area (Å²) in [6.45, 7) is 0. The Morgan fingerprint density at radius 2 is 2.00 bits per heavy atom. The first-order valence-electron chi connectivity index (χ1n) is 8.65. The molecule has 0 spiro atoms. The van der Waals surface area contributed by atoms with Crippen molar-refractivity contribution in [2.24, 2.45) is 5.73 Å². The number of hydrogen-bond donors (Lipinski definition) is 3. The van der Waals surface area contributed by atoms with Crippen molar-refractivity contribution in [3.8, 4) is 0 Å². The third-order valence-corrected chi connectivity index (χ3v) is 4.96. The van der Waals surface area contributed by atoms with Gasteiger partial charge in [-0.2, -0.15) is 5.10 Å². The molecule has 8 nitrogen and oxygen atoms in total. The highest BCUT2D eigenvalue weighted by molar-refractivity contribution is 6.11. The van der Waals surface area contributed by atoms with Crippen LogP contribution in [0.25, 0.3) is 0 Å². The predicted molar refractivity (Wildman–Crippen MR) is 95.0 cm³/mol. The summed E-state index contributed by atoms with van der Waals surface area (Å²) < 4.78 is 1.73. The molecular formula is C18H19N5O3. The first-order valence-corrected chi connectivity index (χ1v) is 8.65. The maximum Gasteiger partial charge on any atom is 0.257 e. The molecule has 3 amide bonds. The second kappa shape index (κ2) is 6.29. The molecule has 8 heteroatoms. The zero-order chi connectivity index (χ0) is 18.3. The van der Waals surface area contributed by atoms with Crippen LogP contribution in [0.15, 0.2) is 24.4 Å². The molecule has 1 aliphatic heterocycles. The van der Waals surface area contributed by atoms with Crippen molar-refractivity contribution in [2.75, 3.05) is 10.6 Å². The topological polar surface area (TPSA) is 119 Å². The van der Waals surface area contributed by atoms with Crippen molar-refractivity contribution in [1.82, 2.24) is 9.78 Å². The van der Waals surface area contributed by atoms with E-state index in [0.717, 1.165) is 25.7 Å². The number of aromatic nitrogens is 2. The maximum absolute atomic E-state index is 12.7. The number of benzene rings is 1. The quantitative estimate of drug-likeness (QED) is 0.777. The van der Waals surface area contributed by atoms with Gasteiger partial charge in [0.2, 0.25) is 5.91 Å². The van der Waals surface area contributed by atoms with E-state index >= 15 is 0 Å².